The largest absolute Gasteiger partial charge is 0.493 e. The molecule has 2 aliphatic carbocycles. The van der Waals surface area contributed by atoms with Crippen molar-refractivity contribution < 1.29 is 24.1 Å². The Morgan fingerprint density at radius 3 is 2.86 bits per heavy atom. The van der Waals surface area contributed by atoms with Crippen LogP contribution in [0.3, 0.4) is 0 Å². The molecule has 3 aliphatic heterocycles. The molecule has 6 heteroatoms. The lowest BCUT2D eigenvalue weighted by molar-refractivity contribution is -0.291. The van der Waals surface area contributed by atoms with Crippen LogP contribution < -0.4 is 0 Å². The Morgan fingerprint density at radius 1 is 1.25 bits per heavy atom. The molecule has 6 atom stereocenters. The predicted molar refractivity (Wildman–Crippen MR) is 103 cm³/mol. The number of aliphatic hydroxyl groups is 1. The first kappa shape index (κ1) is 18.9. The van der Waals surface area contributed by atoms with Crippen LogP contribution >= 0.6 is 0 Å². The van der Waals surface area contributed by atoms with Crippen LogP contribution in [0, 0.1) is 22.7 Å². The maximum absolute atomic E-state index is 12.3. The molecule has 2 bridgehead atoms. The number of methoxy groups -OCH3 is 1. The third-order valence-corrected chi connectivity index (χ3v) is 7.89. The van der Waals surface area contributed by atoms with Crippen LogP contribution in [0.4, 0.5) is 0 Å². The van der Waals surface area contributed by atoms with Gasteiger partial charge in [-0.25, -0.2) is 0 Å². The third kappa shape index (κ3) is 2.35. The van der Waals surface area contributed by atoms with Crippen molar-refractivity contribution >= 4 is 0 Å². The summed E-state index contributed by atoms with van der Waals surface area (Å²) < 4.78 is 24.7. The number of hydrogen-bond donors (Lipinski definition) is 1. The molecule has 156 valence electrons. The van der Waals surface area contributed by atoms with Gasteiger partial charge in [-0.15, -0.1) is 0 Å². The highest BCUT2D eigenvalue weighted by Crippen LogP contribution is 2.67. The third-order valence-electron chi connectivity index (χ3n) is 7.89. The summed E-state index contributed by atoms with van der Waals surface area (Å²) >= 11 is 0. The zero-order valence-electron chi connectivity index (χ0n) is 17.4. The van der Waals surface area contributed by atoms with Crippen molar-refractivity contribution in [1.82, 2.24) is 4.90 Å². The first-order valence-corrected chi connectivity index (χ1v) is 10.6. The van der Waals surface area contributed by atoms with Gasteiger partial charge in [0.1, 0.15) is 5.76 Å². The molecule has 5 rings (SSSR count). The fraction of sp³-hybridized carbons (Fsp3) is 0.818. The maximum Gasteiger partial charge on any atom is 0.208 e. The van der Waals surface area contributed by atoms with Gasteiger partial charge >= 0.3 is 0 Å². The second-order valence-corrected chi connectivity index (χ2v) is 10.1. The van der Waals surface area contributed by atoms with Crippen LogP contribution in [0.25, 0.3) is 0 Å². The number of likely N-dealkylation sites (N-methyl/N-ethyl adjacent to an activating group) is 1. The van der Waals surface area contributed by atoms with E-state index < -0.39 is 17.3 Å². The van der Waals surface area contributed by atoms with Crippen molar-refractivity contribution in [3.8, 4) is 0 Å². The van der Waals surface area contributed by atoms with E-state index in [1.165, 1.54) is 0 Å². The number of ether oxygens (including phenoxy) is 4. The molecule has 4 fully saturated rings. The van der Waals surface area contributed by atoms with Crippen molar-refractivity contribution in [1.29, 1.82) is 0 Å². The molecule has 0 radical (unpaired) electrons. The lowest BCUT2D eigenvalue weighted by atomic mass is 9.48. The van der Waals surface area contributed by atoms with Gasteiger partial charge in [0.15, 0.2) is 5.76 Å². The summed E-state index contributed by atoms with van der Waals surface area (Å²) in [5.41, 5.74) is -1.49. The monoisotopic (exact) mass is 391 g/mol. The first-order valence-electron chi connectivity index (χ1n) is 10.6. The van der Waals surface area contributed by atoms with E-state index in [0.29, 0.717) is 32.2 Å². The summed E-state index contributed by atoms with van der Waals surface area (Å²) in [6, 6.07) is 0.0707. The van der Waals surface area contributed by atoms with Crippen molar-refractivity contribution in [2.75, 3.05) is 40.5 Å². The number of likely N-dealkylation sites (tertiary alicyclic amines) is 1. The van der Waals surface area contributed by atoms with Gasteiger partial charge in [-0.05, 0) is 38.4 Å². The van der Waals surface area contributed by atoms with Crippen LogP contribution in [0.2, 0.25) is 0 Å². The van der Waals surface area contributed by atoms with Crippen molar-refractivity contribution in [2.24, 2.45) is 22.7 Å². The van der Waals surface area contributed by atoms with Crippen LogP contribution in [0.1, 0.15) is 33.1 Å². The minimum Gasteiger partial charge on any atom is -0.493 e. The van der Waals surface area contributed by atoms with Crippen LogP contribution in [0.15, 0.2) is 23.7 Å². The molecule has 6 nitrogen and oxygen atoms in total. The average Bonchev–Trinajstić information content (AvgIpc) is 2.99. The minimum atomic E-state index is -0.918. The number of allylic oxidation sites excluding steroid dienone is 3. The van der Waals surface area contributed by atoms with Crippen LogP contribution in [-0.2, 0) is 18.9 Å². The molecule has 1 spiro atoms. The summed E-state index contributed by atoms with van der Waals surface area (Å²) in [5, 5.41) is 12.3. The Hall–Kier alpha value is -1.08. The fourth-order valence-corrected chi connectivity index (χ4v) is 6.54. The van der Waals surface area contributed by atoms with E-state index in [-0.39, 0.29) is 17.4 Å². The Bertz CT molecular complexity index is 718. The molecule has 0 aromatic carbocycles. The standard InChI is InChI=1S/C22H33NO5/c1-20(2)12-26-10-8-22(24)16-11-14-5-6-15(25-4)18-17(14)21(22,7-9-23(16)3)19(28-18)27-13-20/h5-6,14,16-17,19,24H,7-13H2,1-4H3/t14?,16-,17?,19?,21+,22?/m1/s1. The molecular weight excluding hydrogens is 358 g/mol. The van der Waals surface area contributed by atoms with E-state index >= 15 is 0 Å². The average molecular weight is 392 g/mol. The van der Waals surface area contributed by atoms with E-state index in [4.69, 9.17) is 18.9 Å². The van der Waals surface area contributed by atoms with E-state index in [1.807, 2.05) is 6.08 Å². The van der Waals surface area contributed by atoms with Gasteiger partial charge in [-0.2, -0.15) is 0 Å². The van der Waals surface area contributed by atoms with Crippen molar-refractivity contribution in [2.45, 2.75) is 51.0 Å². The van der Waals surface area contributed by atoms with E-state index in [9.17, 15) is 5.11 Å². The molecular formula is C22H33NO5. The number of hydrogen-bond acceptors (Lipinski definition) is 6. The van der Waals surface area contributed by atoms with Gasteiger partial charge in [0.2, 0.25) is 6.29 Å². The summed E-state index contributed by atoms with van der Waals surface area (Å²) in [6.07, 6.45) is 6.20. The highest BCUT2D eigenvalue weighted by atomic mass is 16.7. The smallest absolute Gasteiger partial charge is 0.208 e. The van der Waals surface area contributed by atoms with Crippen molar-refractivity contribution in [3.05, 3.63) is 23.7 Å². The van der Waals surface area contributed by atoms with Gasteiger partial charge in [0.25, 0.3) is 0 Å². The highest BCUT2D eigenvalue weighted by molar-refractivity contribution is 5.36. The summed E-state index contributed by atoms with van der Waals surface area (Å²) in [5.74, 6) is 2.07. The molecule has 28 heavy (non-hydrogen) atoms. The van der Waals surface area contributed by atoms with Gasteiger partial charge < -0.3 is 29.0 Å². The molecule has 5 aliphatic rings. The zero-order chi connectivity index (χ0) is 19.7. The van der Waals surface area contributed by atoms with Gasteiger partial charge in [0, 0.05) is 30.4 Å². The highest BCUT2D eigenvalue weighted by Gasteiger charge is 2.75. The lowest BCUT2D eigenvalue weighted by Gasteiger charge is -2.63. The minimum absolute atomic E-state index is 0.0707. The predicted octanol–water partition coefficient (Wildman–Crippen LogP) is 2.29. The second kappa shape index (κ2) is 6.21. The lowest BCUT2D eigenvalue weighted by Crippen LogP contribution is -2.74. The second-order valence-electron chi connectivity index (χ2n) is 10.1. The first-order chi connectivity index (χ1) is 13.3. The van der Waals surface area contributed by atoms with E-state index in [0.717, 1.165) is 30.9 Å². The Labute approximate surface area is 167 Å². The van der Waals surface area contributed by atoms with Crippen LogP contribution in [0.5, 0.6) is 0 Å². The van der Waals surface area contributed by atoms with Gasteiger partial charge in [-0.3, -0.25) is 0 Å². The summed E-state index contributed by atoms with van der Waals surface area (Å²) in [7, 11) is 3.82. The SMILES string of the molecule is COC1=C2OC3OCC(C)(C)COCCC4(O)[C@H]5CC(C=C1)C2[C@@]34CCN5C. The molecule has 0 aromatic rings. The molecule has 0 amide bonds. The van der Waals surface area contributed by atoms with Gasteiger partial charge in [-0.1, -0.05) is 19.9 Å². The fourth-order valence-electron chi connectivity index (χ4n) is 6.54. The van der Waals surface area contributed by atoms with Gasteiger partial charge in [0.05, 0.1) is 31.3 Å². The molecule has 0 aromatic heterocycles. The molecule has 3 heterocycles. The summed E-state index contributed by atoms with van der Waals surface area (Å²) in [6.45, 7) is 6.95. The van der Waals surface area contributed by atoms with E-state index in [1.54, 1.807) is 7.11 Å². The quantitative estimate of drug-likeness (QED) is 0.740. The number of piperidine rings is 1. The topological polar surface area (TPSA) is 60.4 Å². The normalized spacial score (nSPS) is 47.3. The molecule has 4 unspecified atom stereocenters. The summed E-state index contributed by atoms with van der Waals surface area (Å²) in [4.78, 5) is 2.33. The Balaban J connectivity index is 1.66. The zero-order valence-corrected chi connectivity index (χ0v) is 17.4. The molecule has 3 saturated heterocycles. The maximum atomic E-state index is 12.3. The Kier molecular flexibility index (Phi) is 4.19. The van der Waals surface area contributed by atoms with Crippen LogP contribution in [-0.4, -0.2) is 68.5 Å². The van der Waals surface area contributed by atoms with E-state index in [2.05, 4.69) is 31.9 Å². The van der Waals surface area contributed by atoms with Crippen molar-refractivity contribution in [3.63, 3.8) is 0 Å². The number of nitrogens with zero attached hydrogens (tertiary/aromatic N) is 1. The number of rotatable bonds is 1. The molecule has 1 N–H and O–H groups in total. The Morgan fingerprint density at radius 2 is 2.07 bits per heavy atom. The molecule has 1 saturated carbocycles.